The van der Waals surface area contributed by atoms with E-state index in [-0.39, 0.29) is 5.91 Å². The molecule has 0 unspecified atom stereocenters. The van der Waals surface area contributed by atoms with Gasteiger partial charge in [-0.3, -0.25) is 9.78 Å². The number of piperazine rings is 1. The zero-order valence-electron chi connectivity index (χ0n) is 19.8. The van der Waals surface area contributed by atoms with E-state index in [0.29, 0.717) is 23.8 Å². The number of rotatable bonds is 6. The molecule has 176 valence electrons. The number of aryl methyl sites for hydroxylation is 1. The van der Waals surface area contributed by atoms with Crippen LogP contribution in [0.5, 0.6) is 0 Å². The highest BCUT2D eigenvalue weighted by molar-refractivity contribution is 5.99. The summed E-state index contributed by atoms with van der Waals surface area (Å²) >= 11 is 0. The Labute approximate surface area is 205 Å². The van der Waals surface area contributed by atoms with Crippen molar-refractivity contribution in [3.8, 4) is 11.4 Å². The normalized spacial score (nSPS) is 13.5. The number of hydrogen-bond acceptors (Lipinski definition) is 6. The molecule has 1 fully saturated rings. The SMILES string of the molecule is Cc1ccccc1N1CCN(c2nc(-c3ccccc3)ncc2C(=O)NCc2ccccn2)CC1. The second kappa shape index (κ2) is 10.3. The maximum absolute atomic E-state index is 13.2. The summed E-state index contributed by atoms with van der Waals surface area (Å²) in [5.41, 5.74) is 4.73. The molecule has 1 aliphatic heterocycles. The van der Waals surface area contributed by atoms with Gasteiger partial charge >= 0.3 is 0 Å². The Bertz CT molecular complexity index is 1290. The fourth-order valence-corrected chi connectivity index (χ4v) is 4.35. The van der Waals surface area contributed by atoms with Crippen molar-refractivity contribution < 1.29 is 4.79 Å². The predicted molar refractivity (Wildman–Crippen MR) is 138 cm³/mol. The van der Waals surface area contributed by atoms with E-state index < -0.39 is 0 Å². The summed E-state index contributed by atoms with van der Waals surface area (Å²) in [6, 6.07) is 24.0. The van der Waals surface area contributed by atoms with Gasteiger partial charge in [0, 0.05) is 49.8 Å². The summed E-state index contributed by atoms with van der Waals surface area (Å²) in [6.45, 7) is 5.72. The Morgan fingerprint density at radius 3 is 2.31 bits per heavy atom. The molecule has 1 amide bonds. The van der Waals surface area contributed by atoms with Gasteiger partial charge in [-0.15, -0.1) is 0 Å². The van der Waals surface area contributed by atoms with Gasteiger partial charge in [-0.2, -0.15) is 0 Å². The van der Waals surface area contributed by atoms with Crippen LogP contribution in [0, 0.1) is 6.92 Å². The van der Waals surface area contributed by atoms with E-state index in [1.807, 2.05) is 48.5 Å². The van der Waals surface area contributed by atoms with Crippen molar-refractivity contribution in [2.24, 2.45) is 0 Å². The summed E-state index contributed by atoms with van der Waals surface area (Å²) in [6.07, 6.45) is 3.37. The standard InChI is InChI=1S/C28H28N6O/c1-21-9-5-6-13-25(21)33-15-17-34(18-16-33)27-24(28(35)31-19-23-12-7-8-14-29-23)20-30-26(32-27)22-10-3-2-4-11-22/h2-14,20H,15-19H2,1H3,(H,31,35). The molecule has 3 heterocycles. The molecule has 7 nitrogen and oxygen atoms in total. The Kier molecular flexibility index (Phi) is 6.66. The minimum absolute atomic E-state index is 0.202. The number of carbonyl (C=O) groups is 1. The Balaban J connectivity index is 1.40. The first kappa shape index (κ1) is 22.5. The molecule has 0 spiro atoms. The number of hydrogen-bond donors (Lipinski definition) is 1. The monoisotopic (exact) mass is 464 g/mol. The number of aromatic nitrogens is 3. The summed E-state index contributed by atoms with van der Waals surface area (Å²) in [7, 11) is 0. The highest BCUT2D eigenvalue weighted by atomic mass is 16.1. The van der Waals surface area contributed by atoms with E-state index in [1.54, 1.807) is 12.4 Å². The van der Waals surface area contributed by atoms with Crippen LogP contribution in [-0.2, 0) is 6.54 Å². The van der Waals surface area contributed by atoms with Gasteiger partial charge < -0.3 is 15.1 Å². The second-order valence-electron chi connectivity index (χ2n) is 8.56. The molecule has 0 saturated carbocycles. The van der Waals surface area contributed by atoms with Crippen molar-refractivity contribution in [2.75, 3.05) is 36.0 Å². The van der Waals surface area contributed by atoms with Crippen molar-refractivity contribution in [1.82, 2.24) is 20.3 Å². The largest absolute Gasteiger partial charge is 0.368 e. The molecule has 5 rings (SSSR count). The minimum atomic E-state index is -0.202. The van der Waals surface area contributed by atoms with Crippen molar-refractivity contribution >= 4 is 17.4 Å². The zero-order chi connectivity index (χ0) is 24.0. The van der Waals surface area contributed by atoms with Crippen LogP contribution >= 0.6 is 0 Å². The van der Waals surface area contributed by atoms with Crippen LogP contribution in [0.15, 0.2) is 85.2 Å². The molecule has 1 aliphatic rings. The third kappa shape index (κ3) is 5.14. The molecule has 35 heavy (non-hydrogen) atoms. The Morgan fingerprint density at radius 2 is 1.57 bits per heavy atom. The van der Waals surface area contributed by atoms with Crippen LogP contribution in [-0.4, -0.2) is 47.0 Å². The molecule has 7 heteroatoms. The lowest BCUT2D eigenvalue weighted by Gasteiger charge is -2.38. The molecule has 1 N–H and O–H groups in total. The number of nitrogens with zero attached hydrogens (tertiary/aromatic N) is 5. The second-order valence-corrected chi connectivity index (χ2v) is 8.56. The van der Waals surface area contributed by atoms with Gasteiger partial charge in [0.2, 0.25) is 0 Å². The third-order valence-electron chi connectivity index (χ3n) is 6.24. The summed E-state index contributed by atoms with van der Waals surface area (Å²) in [5, 5.41) is 2.98. The number of carbonyl (C=O) groups excluding carboxylic acids is 1. The lowest BCUT2D eigenvalue weighted by molar-refractivity contribution is 0.0950. The average molecular weight is 465 g/mol. The summed E-state index contributed by atoms with van der Waals surface area (Å²) in [5.74, 6) is 1.08. The van der Waals surface area contributed by atoms with E-state index >= 15 is 0 Å². The zero-order valence-corrected chi connectivity index (χ0v) is 19.8. The van der Waals surface area contributed by atoms with Crippen LogP contribution in [0.1, 0.15) is 21.6 Å². The van der Waals surface area contributed by atoms with E-state index in [4.69, 9.17) is 4.98 Å². The molecule has 0 atom stereocenters. The van der Waals surface area contributed by atoms with Crippen molar-refractivity contribution in [3.63, 3.8) is 0 Å². The molecule has 0 bridgehead atoms. The van der Waals surface area contributed by atoms with Crippen LogP contribution in [0.4, 0.5) is 11.5 Å². The van der Waals surface area contributed by atoms with Crippen LogP contribution in [0.3, 0.4) is 0 Å². The number of para-hydroxylation sites is 1. The van der Waals surface area contributed by atoms with E-state index in [9.17, 15) is 4.79 Å². The first-order chi connectivity index (χ1) is 17.2. The summed E-state index contributed by atoms with van der Waals surface area (Å²) < 4.78 is 0. The van der Waals surface area contributed by atoms with E-state index in [2.05, 4.69) is 56.3 Å². The van der Waals surface area contributed by atoms with Crippen LogP contribution < -0.4 is 15.1 Å². The molecule has 0 aliphatic carbocycles. The number of benzene rings is 2. The molecule has 1 saturated heterocycles. The van der Waals surface area contributed by atoms with Gasteiger partial charge in [-0.05, 0) is 30.7 Å². The maximum atomic E-state index is 13.2. The van der Waals surface area contributed by atoms with Crippen molar-refractivity contribution in [2.45, 2.75) is 13.5 Å². The fraction of sp³-hybridized carbons (Fsp3) is 0.214. The van der Waals surface area contributed by atoms with E-state index in [0.717, 1.165) is 37.4 Å². The van der Waals surface area contributed by atoms with Gasteiger partial charge in [0.15, 0.2) is 5.82 Å². The number of amides is 1. The fourth-order valence-electron chi connectivity index (χ4n) is 4.35. The first-order valence-electron chi connectivity index (χ1n) is 11.8. The number of nitrogens with one attached hydrogen (secondary N) is 1. The van der Waals surface area contributed by atoms with Gasteiger partial charge in [0.1, 0.15) is 11.4 Å². The van der Waals surface area contributed by atoms with Crippen LogP contribution in [0.2, 0.25) is 0 Å². The first-order valence-corrected chi connectivity index (χ1v) is 11.8. The molecule has 2 aromatic carbocycles. The Hall–Kier alpha value is -4.26. The quantitative estimate of drug-likeness (QED) is 0.463. The molecule has 4 aromatic rings. The highest BCUT2D eigenvalue weighted by Gasteiger charge is 2.25. The minimum Gasteiger partial charge on any atom is -0.368 e. The summed E-state index contributed by atoms with van der Waals surface area (Å²) in [4.78, 5) is 31.5. The van der Waals surface area contributed by atoms with Gasteiger partial charge in [0.05, 0.1) is 12.2 Å². The molecule has 2 aromatic heterocycles. The number of pyridine rings is 1. The lowest BCUT2D eigenvalue weighted by atomic mass is 10.1. The smallest absolute Gasteiger partial charge is 0.256 e. The van der Waals surface area contributed by atoms with Gasteiger partial charge in [-0.25, -0.2) is 9.97 Å². The van der Waals surface area contributed by atoms with Crippen LogP contribution in [0.25, 0.3) is 11.4 Å². The topological polar surface area (TPSA) is 74.2 Å². The van der Waals surface area contributed by atoms with Crippen molar-refractivity contribution in [1.29, 1.82) is 0 Å². The average Bonchev–Trinajstić information content (AvgIpc) is 2.93. The van der Waals surface area contributed by atoms with Crippen molar-refractivity contribution in [3.05, 3.63) is 102 Å². The molecular weight excluding hydrogens is 436 g/mol. The predicted octanol–water partition coefficient (Wildman–Crippen LogP) is 4.10. The maximum Gasteiger partial charge on any atom is 0.256 e. The number of anilines is 2. The lowest BCUT2D eigenvalue weighted by Crippen LogP contribution is -2.47. The van der Waals surface area contributed by atoms with Gasteiger partial charge in [0.25, 0.3) is 5.91 Å². The Morgan fingerprint density at radius 1 is 0.857 bits per heavy atom. The highest BCUT2D eigenvalue weighted by Crippen LogP contribution is 2.26. The van der Waals surface area contributed by atoms with Gasteiger partial charge in [-0.1, -0.05) is 54.6 Å². The third-order valence-corrected chi connectivity index (χ3v) is 6.24. The van der Waals surface area contributed by atoms with E-state index in [1.165, 1.54) is 11.3 Å². The molecule has 0 radical (unpaired) electrons. The molecular formula is C28H28N6O.